The summed E-state index contributed by atoms with van der Waals surface area (Å²) in [5, 5.41) is 0. The van der Waals surface area contributed by atoms with Crippen LogP contribution in [-0.2, 0) is 0 Å². The van der Waals surface area contributed by atoms with Gasteiger partial charge in [0.1, 0.15) is 6.61 Å². The second kappa shape index (κ2) is 13.4. The van der Waals surface area contributed by atoms with Crippen LogP contribution in [0.4, 0.5) is 0 Å². The molecule has 10 heteroatoms. The Labute approximate surface area is 216 Å². The Morgan fingerprint density at radius 1 is 0.703 bits per heavy atom. The third-order valence-corrected chi connectivity index (χ3v) is 5.07. The van der Waals surface area contributed by atoms with Gasteiger partial charge >= 0.3 is 6.01 Å². The summed E-state index contributed by atoms with van der Waals surface area (Å²) in [7, 11) is 6.39. The lowest BCUT2D eigenvalue weighted by atomic mass is 10.1. The summed E-state index contributed by atoms with van der Waals surface area (Å²) < 4.78 is 27.1. The average molecular weight is 506 g/mol. The van der Waals surface area contributed by atoms with Gasteiger partial charge in [0.2, 0.25) is 0 Å². The molecule has 0 bridgehead atoms. The molecule has 0 unspecified atom stereocenters. The highest BCUT2D eigenvalue weighted by Gasteiger charge is 2.06. The van der Waals surface area contributed by atoms with E-state index in [1.54, 1.807) is 28.4 Å². The van der Waals surface area contributed by atoms with Crippen LogP contribution in [0, 0.1) is 0 Å². The predicted molar refractivity (Wildman–Crippen MR) is 145 cm³/mol. The van der Waals surface area contributed by atoms with Crippen LogP contribution in [0.25, 0.3) is 24.3 Å². The molecular formula is C27H31N5O5. The second-order valence-electron chi connectivity index (χ2n) is 7.55. The molecule has 0 fully saturated rings. The molecule has 4 N–H and O–H groups in total. The molecule has 194 valence electrons. The lowest BCUT2D eigenvalue weighted by molar-refractivity contribution is 0.302. The molecule has 1 aromatic heterocycles. The van der Waals surface area contributed by atoms with Gasteiger partial charge in [0.05, 0.1) is 46.4 Å². The first-order chi connectivity index (χ1) is 17.9. The van der Waals surface area contributed by atoms with Gasteiger partial charge in [0.25, 0.3) is 0 Å². The fraction of sp³-hybridized carbons (Fsp3) is 0.222. The minimum absolute atomic E-state index is 0.00494. The Hall–Kier alpha value is -4.73. The number of hydrogen-bond donors (Lipinski definition) is 2. The number of methoxy groups -OCH3 is 4. The van der Waals surface area contributed by atoms with Gasteiger partial charge in [0.15, 0.2) is 29.0 Å². The quantitative estimate of drug-likeness (QED) is 0.215. The lowest BCUT2D eigenvalue weighted by Gasteiger charge is -2.08. The predicted octanol–water partition coefficient (Wildman–Crippen LogP) is 3.50. The summed E-state index contributed by atoms with van der Waals surface area (Å²) in [6.45, 7) is 0.508. The maximum absolute atomic E-state index is 5.69. The minimum atomic E-state index is -0.00494. The van der Waals surface area contributed by atoms with E-state index in [9.17, 15) is 0 Å². The highest BCUT2D eigenvalue weighted by Crippen LogP contribution is 2.29. The molecule has 3 rings (SSSR count). The fourth-order valence-corrected chi connectivity index (χ4v) is 3.29. The van der Waals surface area contributed by atoms with E-state index in [4.69, 9.17) is 35.2 Å². The standard InChI is InChI=1S/C27H31N5O5/c1-33-22-11-7-18(15-24(22)35-3)5-9-20-17-21(32-27(31-20)37-14-13-30-26(28)29)10-6-19-8-12-23(34-2)25(16-19)36-4/h5-12,15-17H,13-14H2,1-4H3,(H4,28,29,30). The summed E-state index contributed by atoms with van der Waals surface area (Å²) >= 11 is 0. The number of guanidine groups is 1. The van der Waals surface area contributed by atoms with Crippen molar-refractivity contribution >= 4 is 30.3 Å². The first kappa shape index (κ1) is 26.9. The number of hydrogen-bond acceptors (Lipinski definition) is 8. The number of ether oxygens (including phenoxy) is 5. The number of aromatic nitrogens is 2. The van der Waals surface area contributed by atoms with Gasteiger partial charge in [-0.05, 0) is 53.6 Å². The van der Waals surface area contributed by atoms with E-state index in [-0.39, 0.29) is 25.1 Å². The zero-order chi connectivity index (χ0) is 26.6. The summed E-state index contributed by atoms with van der Waals surface area (Å²) in [6.07, 6.45) is 7.55. The van der Waals surface area contributed by atoms with Crippen molar-refractivity contribution < 1.29 is 23.7 Å². The molecule has 0 saturated heterocycles. The summed E-state index contributed by atoms with van der Waals surface area (Å²) in [5.41, 5.74) is 13.9. The van der Waals surface area contributed by atoms with E-state index < -0.39 is 0 Å². The van der Waals surface area contributed by atoms with Gasteiger partial charge in [-0.25, -0.2) is 0 Å². The molecule has 1 heterocycles. The Morgan fingerprint density at radius 3 is 1.62 bits per heavy atom. The summed E-state index contributed by atoms with van der Waals surface area (Å²) in [4.78, 5) is 12.9. The number of rotatable bonds is 12. The molecule has 0 spiro atoms. The third-order valence-electron chi connectivity index (χ3n) is 5.07. The first-order valence-corrected chi connectivity index (χ1v) is 11.3. The topological polar surface area (TPSA) is 136 Å². The van der Waals surface area contributed by atoms with Gasteiger partial charge in [-0.2, -0.15) is 9.97 Å². The maximum Gasteiger partial charge on any atom is 0.317 e. The fourth-order valence-electron chi connectivity index (χ4n) is 3.29. The van der Waals surface area contributed by atoms with Crippen LogP contribution in [0.3, 0.4) is 0 Å². The van der Waals surface area contributed by atoms with Gasteiger partial charge in [-0.1, -0.05) is 24.3 Å². The van der Waals surface area contributed by atoms with Crippen molar-refractivity contribution in [3.63, 3.8) is 0 Å². The molecule has 0 saturated carbocycles. The Balaban J connectivity index is 1.89. The molecule has 0 aliphatic heterocycles. The molecule has 10 nitrogen and oxygen atoms in total. The van der Waals surface area contributed by atoms with Crippen molar-refractivity contribution in [1.29, 1.82) is 0 Å². The minimum Gasteiger partial charge on any atom is -0.493 e. The van der Waals surface area contributed by atoms with Crippen LogP contribution >= 0.6 is 0 Å². The van der Waals surface area contributed by atoms with E-state index in [0.29, 0.717) is 34.4 Å². The van der Waals surface area contributed by atoms with Gasteiger partial charge in [-0.3, -0.25) is 4.99 Å². The highest BCUT2D eigenvalue weighted by atomic mass is 16.5. The van der Waals surface area contributed by atoms with Crippen LogP contribution in [0.1, 0.15) is 22.5 Å². The van der Waals surface area contributed by atoms with Gasteiger partial charge in [-0.15, -0.1) is 0 Å². The van der Waals surface area contributed by atoms with Crippen molar-refractivity contribution in [2.24, 2.45) is 16.5 Å². The molecule has 0 amide bonds. The van der Waals surface area contributed by atoms with Crippen LogP contribution < -0.4 is 35.2 Å². The average Bonchev–Trinajstić information content (AvgIpc) is 2.92. The third kappa shape index (κ3) is 7.89. The number of benzene rings is 2. The Kier molecular flexibility index (Phi) is 9.72. The van der Waals surface area contributed by atoms with Crippen molar-refractivity contribution in [3.8, 4) is 29.0 Å². The molecule has 2 aromatic carbocycles. The smallest absolute Gasteiger partial charge is 0.317 e. The molecule has 0 aliphatic rings. The first-order valence-electron chi connectivity index (χ1n) is 11.3. The lowest BCUT2D eigenvalue weighted by Crippen LogP contribution is -2.23. The molecule has 37 heavy (non-hydrogen) atoms. The second-order valence-corrected chi connectivity index (χ2v) is 7.55. The van der Waals surface area contributed by atoms with E-state index >= 15 is 0 Å². The van der Waals surface area contributed by atoms with E-state index in [1.165, 1.54) is 0 Å². The van der Waals surface area contributed by atoms with Crippen LogP contribution in [-0.4, -0.2) is 57.5 Å². The van der Waals surface area contributed by atoms with Crippen molar-refractivity contribution in [1.82, 2.24) is 9.97 Å². The van der Waals surface area contributed by atoms with Crippen LogP contribution in [0.2, 0.25) is 0 Å². The Bertz CT molecular complexity index is 1200. The molecule has 0 aliphatic carbocycles. The van der Waals surface area contributed by atoms with Crippen LogP contribution in [0.15, 0.2) is 47.5 Å². The van der Waals surface area contributed by atoms with Crippen LogP contribution in [0.5, 0.6) is 29.0 Å². The normalized spacial score (nSPS) is 10.9. The molecule has 0 atom stereocenters. The zero-order valence-electron chi connectivity index (χ0n) is 21.3. The SMILES string of the molecule is COc1ccc(C=Cc2cc(C=Cc3ccc(OC)c(OC)c3)nc(OCCN=C(N)N)n2)cc1OC. The summed E-state index contributed by atoms with van der Waals surface area (Å²) in [5.74, 6) is 2.57. The monoisotopic (exact) mass is 505 g/mol. The van der Waals surface area contributed by atoms with E-state index in [2.05, 4.69) is 15.0 Å². The van der Waals surface area contributed by atoms with E-state index in [0.717, 1.165) is 11.1 Å². The zero-order valence-corrected chi connectivity index (χ0v) is 21.3. The van der Waals surface area contributed by atoms with Gasteiger partial charge < -0.3 is 35.2 Å². The number of nitrogens with zero attached hydrogens (tertiary/aromatic N) is 3. The molecular weight excluding hydrogens is 474 g/mol. The molecule has 0 radical (unpaired) electrons. The number of aliphatic imine (C=N–C) groups is 1. The van der Waals surface area contributed by atoms with Crippen molar-refractivity contribution in [2.45, 2.75) is 0 Å². The largest absolute Gasteiger partial charge is 0.493 e. The highest BCUT2D eigenvalue weighted by molar-refractivity contribution is 5.75. The maximum atomic E-state index is 5.69. The number of nitrogens with two attached hydrogens (primary N) is 2. The molecule has 3 aromatic rings. The van der Waals surface area contributed by atoms with E-state index in [1.807, 2.05) is 66.8 Å². The Morgan fingerprint density at radius 2 is 1.19 bits per heavy atom. The van der Waals surface area contributed by atoms with Gasteiger partial charge in [0, 0.05) is 0 Å². The van der Waals surface area contributed by atoms with Crippen molar-refractivity contribution in [3.05, 3.63) is 65.0 Å². The summed E-state index contributed by atoms with van der Waals surface area (Å²) in [6, 6.07) is 13.3. The van der Waals surface area contributed by atoms with Crippen molar-refractivity contribution in [2.75, 3.05) is 41.6 Å².